The number of aliphatic hydroxyl groups is 1. The third kappa shape index (κ3) is 15.5. The van der Waals surface area contributed by atoms with Gasteiger partial charge in [-0.15, -0.1) is 22.7 Å². The Kier molecular flexibility index (Phi) is 20.6. The Hall–Kier alpha value is -7.98. The largest absolute Gasteiger partial charge is 0.494 e. The van der Waals surface area contributed by atoms with Crippen molar-refractivity contribution in [2.75, 3.05) is 37.0 Å². The first-order valence-corrected chi connectivity index (χ1v) is 32.9. The average molecular weight is 1260 g/mol. The fourth-order valence-corrected chi connectivity index (χ4v) is 14.4. The fraction of sp³-hybridized carbons (Fsp3) is 0.397. The summed E-state index contributed by atoms with van der Waals surface area (Å²) in [6.45, 7) is 12.8. The molecule has 10 rings (SSSR count). The maximum atomic E-state index is 15.7. The van der Waals surface area contributed by atoms with E-state index in [2.05, 4.69) is 35.8 Å². The van der Waals surface area contributed by atoms with E-state index in [0.717, 1.165) is 84.7 Å². The number of thiazole rings is 3. The zero-order valence-corrected chi connectivity index (χ0v) is 53.8. The summed E-state index contributed by atoms with van der Waals surface area (Å²) in [6, 6.07) is 26.4. The number of nitrogens with zero attached hydrogens (tertiary/aromatic N) is 6. The lowest BCUT2D eigenvalue weighted by Crippen LogP contribution is -2.57. The monoisotopic (exact) mass is 1260 g/mol. The highest BCUT2D eigenvalue weighted by atomic mass is 32.1. The molecule has 1 fully saturated rings. The molecule has 4 N–H and O–H groups in total. The van der Waals surface area contributed by atoms with Crippen LogP contribution in [0.4, 0.5) is 14.7 Å². The smallest absolute Gasteiger partial charge is 0.357 e. The first-order chi connectivity index (χ1) is 42.8. The second kappa shape index (κ2) is 28.7. The number of aliphatic hydroxyl groups excluding tert-OH is 1. The van der Waals surface area contributed by atoms with Crippen molar-refractivity contribution in [3.8, 4) is 27.4 Å². The van der Waals surface area contributed by atoms with Crippen LogP contribution < -0.4 is 25.6 Å². The molecule has 2 aliphatic rings. The minimum absolute atomic E-state index is 0.00348. The third-order valence-corrected chi connectivity index (χ3v) is 19.6. The van der Waals surface area contributed by atoms with Crippen molar-refractivity contribution in [3.05, 3.63) is 158 Å². The Bertz CT molecular complexity index is 3830. The second-order valence-electron chi connectivity index (χ2n) is 24.1. The normalized spacial score (nSPS) is 15.6. The molecule has 2 aliphatic heterocycles. The number of esters is 1. The van der Waals surface area contributed by atoms with Crippen molar-refractivity contribution in [1.29, 1.82) is 0 Å². The molecule has 6 heterocycles. The molecule has 4 aromatic heterocycles. The molecule has 0 unspecified atom stereocenters. The number of anilines is 2. The third-order valence-electron chi connectivity index (χ3n) is 16.5. The molecule has 21 heteroatoms. The molecule has 17 nitrogen and oxygen atoms in total. The van der Waals surface area contributed by atoms with Crippen LogP contribution in [-0.2, 0) is 44.9 Å². The van der Waals surface area contributed by atoms with Crippen LogP contribution in [0.3, 0.4) is 0 Å². The fourth-order valence-electron chi connectivity index (χ4n) is 11.6. The van der Waals surface area contributed by atoms with Gasteiger partial charge in [0.2, 0.25) is 17.7 Å². The van der Waals surface area contributed by atoms with Crippen LogP contribution in [0.2, 0.25) is 0 Å². The summed E-state index contributed by atoms with van der Waals surface area (Å²) in [4.78, 5) is 91.6. The molecule has 0 radical (unpaired) electrons. The Labute approximate surface area is 530 Å². The Morgan fingerprint density at radius 2 is 1.65 bits per heavy atom. The molecule has 4 amide bonds. The zero-order chi connectivity index (χ0) is 62.9. The van der Waals surface area contributed by atoms with Crippen molar-refractivity contribution in [2.45, 2.75) is 143 Å². The number of carbonyl (C=O) groups excluding carboxylic acids is 5. The number of pyridine rings is 1. The topological polar surface area (TPSA) is 218 Å². The number of halogens is 1. The minimum atomic E-state index is -0.906. The van der Waals surface area contributed by atoms with E-state index in [0.29, 0.717) is 78.9 Å². The van der Waals surface area contributed by atoms with Crippen molar-refractivity contribution in [3.63, 3.8) is 0 Å². The van der Waals surface area contributed by atoms with Crippen LogP contribution in [0.15, 0.2) is 103 Å². The van der Waals surface area contributed by atoms with Gasteiger partial charge in [0, 0.05) is 54.7 Å². The number of hydrogen-bond acceptors (Lipinski definition) is 16. The molecule has 1 saturated heterocycles. The molecular formula is C68H76FN9O8S3. The maximum Gasteiger partial charge on any atom is 0.357 e. The number of carbonyl (C=O) groups is 5. The molecule has 0 spiro atoms. The Balaban J connectivity index is 0.645. The first kappa shape index (κ1) is 64.0. The van der Waals surface area contributed by atoms with Crippen LogP contribution in [0.25, 0.3) is 31.9 Å². The standard InChI is InChI=1S/C68H76FN9O8S3/c1-40-33-48(86-32-16-22-56-59(65(84)85-7)75-67(89-56)77-31-30-45-18-15-19-50(51(45)38-77)62(81)76-66-73-53-20-13-14-21-55(53)88-66)28-29-49(40)58-52(69)34-43(36-70-58)17-11-9-8-10-12-23-57(80)74-61(68(4,5)6)64(83)78-37-47(79)35-54(78)63(82)72-41(2)44-24-26-46(27-25-44)60-42(3)71-39-87-60/h13-15,18-21,24-29,33-34,36,39,41,47,54,61,79H,8-12,16-17,22-23,30-32,35,37-38H2,1-7H3,(H,72,82)(H,74,80)(H,73,76,81)/t41-,47+,54-,61+/m0/s1. The number of rotatable bonds is 24. The lowest BCUT2D eigenvalue weighted by molar-refractivity contribution is -0.144. The lowest BCUT2D eigenvalue weighted by Gasteiger charge is -2.35. The zero-order valence-electron chi connectivity index (χ0n) is 51.3. The van der Waals surface area contributed by atoms with E-state index in [4.69, 9.17) is 14.5 Å². The van der Waals surface area contributed by atoms with E-state index in [1.807, 2.05) is 132 Å². The number of ether oxygens (including phenoxy) is 2. The van der Waals surface area contributed by atoms with E-state index >= 15 is 4.39 Å². The highest BCUT2D eigenvalue weighted by Crippen LogP contribution is 2.36. The molecule has 4 aromatic carbocycles. The van der Waals surface area contributed by atoms with E-state index in [1.54, 1.807) is 23.6 Å². The van der Waals surface area contributed by atoms with Crippen LogP contribution in [-0.4, -0.2) is 105 Å². The molecule has 4 atom stereocenters. The predicted octanol–water partition coefficient (Wildman–Crippen LogP) is 12.6. The summed E-state index contributed by atoms with van der Waals surface area (Å²) in [5, 5.41) is 20.9. The van der Waals surface area contributed by atoms with Gasteiger partial charge in [-0.05, 0) is 141 Å². The number of para-hydroxylation sites is 1. The summed E-state index contributed by atoms with van der Waals surface area (Å²) >= 11 is 4.45. The highest BCUT2D eigenvalue weighted by molar-refractivity contribution is 7.22. The van der Waals surface area contributed by atoms with Crippen LogP contribution >= 0.6 is 34.0 Å². The van der Waals surface area contributed by atoms with Gasteiger partial charge in [0.05, 0.1) is 52.2 Å². The number of benzene rings is 4. The number of amides is 4. The van der Waals surface area contributed by atoms with Crippen LogP contribution in [0.5, 0.6) is 5.75 Å². The van der Waals surface area contributed by atoms with Gasteiger partial charge in [0.25, 0.3) is 5.91 Å². The molecule has 466 valence electrons. The molecule has 8 aromatic rings. The number of aromatic nitrogens is 4. The molecule has 0 saturated carbocycles. The van der Waals surface area contributed by atoms with Crippen molar-refractivity contribution < 1.29 is 42.9 Å². The summed E-state index contributed by atoms with van der Waals surface area (Å²) in [5.41, 5.74) is 10.3. The minimum Gasteiger partial charge on any atom is -0.494 e. The van der Waals surface area contributed by atoms with Gasteiger partial charge in [-0.3, -0.25) is 29.5 Å². The molecule has 0 aliphatic carbocycles. The average Bonchev–Trinajstić information content (AvgIpc) is 2.56. The number of aryl methyl sites for hydroxylation is 4. The SMILES string of the molecule is COC(=O)c1nc(N2CCc3cccc(C(=O)Nc4nc5ccccc5s4)c3C2)sc1CCCOc1ccc(-c2ncc(CCCCCCCC(=O)N[C@H](C(=O)N3C[C@H](O)C[C@H]3C(=O)N[C@@H](C)c3ccc(-c4scnc4C)cc3)C(C)(C)C)cc2F)c(C)c1. The summed E-state index contributed by atoms with van der Waals surface area (Å²) in [7, 11) is 1.34. The number of β-amino-alcohol motifs (C(OH)–C–C–N with tert-alkyl or cyclic N) is 1. The molecule has 89 heavy (non-hydrogen) atoms. The van der Waals surface area contributed by atoms with Gasteiger partial charge in [-0.25, -0.2) is 24.1 Å². The first-order valence-electron chi connectivity index (χ1n) is 30.4. The lowest BCUT2D eigenvalue weighted by atomic mass is 9.85. The van der Waals surface area contributed by atoms with Gasteiger partial charge in [-0.2, -0.15) is 0 Å². The number of hydrogen-bond donors (Lipinski definition) is 4. The number of nitrogens with one attached hydrogen (secondary N) is 3. The Morgan fingerprint density at radius 1 is 0.865 bits per heavy atom. The summed E-state index contributed by atoms with van der Waals surface area (Å²) in [6.07, 6.45) is 7.67. The Morgan fingerprint density at radius 3 is 2.39 bits per heavy atom. The maximum absolute atomic E-state index is 15.7. The van der Waals surface area contributed by atoms with E-state index in [-0.39, 0.29) is 54.5 Å². The quantitative estimate of drug-likeness (QED) is 0.0327. The van der Waals surface area contributed by atoms with Crippen LogP contribution in [0, 0.1) is 25.1 Å². The highest BCUT2D eigenvalue weighted by Gasteiger charge is 2.45. The van der Waals surface area contributed by atoms with Crippen molar-refractivity contribution in [1.82, 2.24) is 35.5 Å². The second-order valence-corrected chi connectivity index (χ2v) is 27.0. The number of fused-ring (bicyclic) bond motifs is 2. The molecule has 0 bridgehead atoms. The van der Waals surface area contributed by atoms with Crippen molar-refractivity contribution >= 4 is 84.1 Å². The van der Waals surface area contributed by atoms with Crippen molar-refractivity contribution in [2.24, 2.45) is 5.41 Å². The van der Waals surface area contributed by atoms with E-state index < -0.39 is 41.3 Å². The van der Waals surface area contributed by atoms with Gasteiger partial charge >= 0.3 is 5.97 Å². The van der Waals surface area contributed by atoms with Gasteiger partial charge in [-0.1, -0.05) is 99.9 Å². The van der Waals surface area contributed by atoms with Gasteiger partial charge < -0.3 is 35.0 Å². The number of likely N-dealkylation sites (tertiary alicyclic amines) is 1. The summed E-state index contributed by atoms with van der Waals surface area (Å²) in [5.74, 6) is -1.52. The van der Waals surface area contributed by atoms with E-state index in [9.17, 15) is 29.1 Å². The van der Waals surface area contributed by atoms with Gasteiger partial charge in [0.1, 0.15) is 29.3 Å². The summed E-state index contributed by atoms with van der Waals surface area (Å²) < 4.78 is 28.0. The van der Waals surface area contributed by atoms with Gasteiger partial charge in [0.15, 0.2) is 16.0 Å². The van der Waals surface area contributed by atoms with Crippen LogP contribution in [0.1, 0.15) is 144 Å². The van der Waals surface area contributed by atoms with E-state index in [1.165, 1.54) is 34.7 Å². The molecular weight excluding hydrogens is 1190 g/mol. The number of methoxy groups -OCH3 is 1. The predicted molar refractivity (Wildman–Crippen MR) is 348 cm³/mol. The number of unbranched alkanes of at least 4 members (excludes halogenated alkanes) is 4.